The molecule has 0 aromatic carbocycles. The number of hydrogen-bond acceptors (Lipinski definition) is 6. The van der Waals surface area contributed by atoms with Gasteiger partial charge in [-0.25, -0.2) is 13.4 Å². The largest absolute Gasteiger partial charge is 0.478 e. The van der Waals surface area contributed by atoms with Crippen LogP contribution in [0, 0.1) is 0 Å². The van der Waals surface area contributed by atoms with Gasteiger partial charge in [-0.2, -0.15) is 4.98 Å². The Morgan fingerprint density at radius 1 is 1.43 bits per heavy atom. The van der Waals surface area contributed by atoms with E-state index in [-0.39, 0.29) is 33.0 Å². The molecular formula is C11H9Cl2N3O3S2. The maximum absolute atomic E-state index is 12.4. The van der Waals surface area contributed by atoms with Gasteiger partial charge in [-0.15, -0.1) is 0 Å². The van der Waals surface area contributed by atoms with Gasteiger partial charge in [0.05, 0.1) is 13.3 Å². The summed E-state index contributed by atoms with van der Waals surface area (Å²) < 4.78 is 31.9. The van der Waals surface area contributed by atoms with Gasteiger partial charge in [0.15, 0.2) is 5.15 Å². The van der Waals surface area contributed by atoms with Gasteiger partial charge in [-0.1, -0.05) is 41.5 Å². The lowest BCUT2D eigenvalue weighted by Gasteiger charge is -2.15. The average Bonchev–Trinajstić information content (AvgIpc) is 2.43. The fraction of sp³-hybridized carbons (Fsp3) is 0.182. The molecule has 0 bridgehead atoms. The van der Waals surface area contributed by atoms with Crippen LogP contribution in [0.3, 0.4) is 0 Å². The van der Waals surface area contributed by atoms with E-state index in [1.807, 2.05) is 0 Å². The summed E-state index contributed by atoms with van der Waals surface area (Å²) in [5.41, 5.74) is 0. The molecule has 0 amide bonds. The van der Waals surface area contributed by atoms with Gasteiger partial charge in [0.2, 0.25) is 5.82 Å². The van der Waals surface area contributed by atoms with E-state index in [1.165, 1.54) is 19.4 Å². The number of anilines is 1. The fourth-order valence-corrected chi connectivity index (χ4v) is 3.55. The molecule has 1 N–H and O–H groups in total. The van der Waals surface area contributed by atoms with E-state index in [2.05, 4.69) is 14.7 Å². The number of hydrogen-bond donors (Lipinski definition) is 1. The van der Waals surface area contributed by atoms with Gasteiger partial charge in [-0.05, 0) is 6.08 Å². The average molecular weight is 366 g/mol. The third kappa shape index (κ3) is 3.70. The molecule has 10 heteroatoms. The van der Waals surface area contributed by atoms with Crippen molar-refractivity contribution in [3.05, 3.63) is 33.4 Å². The first kappa shape index (κ1) is 16.2. The smallest absolute Gasteiger partial charge is 0.264 e. The summed E-state index contributed by atoms with van der Waals surface area (Å²) in [7, 11) is -2.62. The highest BCUT2D eigenvalue weighted by atomic mass is 35.5. The van der Waals surface area contributed by atoms with Crippen LogP contribution in [-0.4, -0.2) is 30.4 Å². The van der Waals surface area contributed by atoms with E-state index in [9.17, 15) is 8.42 Å². The van der Waals surface area contributed by atoms with Gasteiger partial charge in [0.25, 0.3) is 15.9 Å². The van der Waals surface area contributed by atoms with Gasteiger partial charge < -0.3 is 4.74 Å². The minimum Gasteiger partial charge on any atom is -0.478 e. The minimum atomic E-state index is -3.94. The first-order valence-corrected chi connectivity index (χ1v) is 8.18. The second kappa shape index (κ2) is 6.27. The molecule has 0 spiro atoms. The van der Waals surface area contributed by atoms with Gasteiger partial charge in [0.1, 0.15) is 4.91 Å². The van der Waals surface area contributed by atoms with Crippen molar-refractivity contribution in [3.8, 4) is 5.88 Å². The second-order valence-corrected chi connectivity index (χ2v) is 6.85. The predicted octanol–water partition coefficient (Wildman–Crippen LogP) is 2.66. The number of ether oxygens (including phenoxy) is 1. The van der Waals surface area contributed by atoms with Crippen molar-refractivity contribution >= 4 is 56.1 Å². The van der Waals surface area contributed by atoms with Crippen LogP contribution in [0.5, 0.6) is 5.88 Å². The van der Waals surface area contributed by atoms with E-state index in [1.54, 1.807) is 6.08 Å². The van der Waals surface area contributed by atoms with E-state index in [4.69, 9.17) is 40.2 Å². The van der Waals surface area contributed by atoms with Crippen molar-refractivity contribution < 1.29 is 13.2 Å². The van der Waals surface area contributed by atoms with E-state index >= 15 is 0 Å². The molecule has 0 saturated carbocycles. The highest BCUT2D eigenvalue weighted by Crippen LogP contribution is 2.27. The lowest BCUT2D eigenvalue weighted by molar-refractivity contribution is 0.398. The van der Waals surface area contributed by atoms with Crippen molar-refractivity contribution in [2.75, 3.05) is 11.8 Å². The molecule has 0 unspecified atom stereocenters. The molecule has 6 nitrogen and oxygen atoms in total. The molecule has 21 heavy (non-hydrogen) atoms. The lowest BCUT2D eigenvalue weighted by Crippen LogP contribution is -2.22. The predicted molar refractivity (Wildman–Crippen MR) is 85.4 cm³/mol. The number of halogens is 2. The summed E-state index contributed by atoms with van der Waals surface area (Å²) in [5, 5.41) is 0.381. The molecule has 2 rings (SSSR count). The van der Waals surface area contributed by atoms with Crippen LogP contribution in [0.1, 0.15) is 6.42 Å². The maximum atomic E-state index is 12.4. The monoisotopic (exact) mass is 365 g/mol. The van der Waals surface area contributed by atoms with Gasteiger partial charge >= 0.3 is 0 Å². The third-order valence-corrected chi connectivity index (χ3v) is 4.82. The number of rotatable bonds is 4. The molecule has 1 aliphatic carbocycles. The molecule has 1 aromatic heterocycles. The number of nitrogens with zero attached hydrogens (tertiary/aromatic N) is 2. The zero-order valence-electron chi connectivity index (χ0n) is 10.6. The van der Waals surface area contributed by atoms with Crippen molar-refractivity contribution in [3.63, 3.8) is 0 Å². The van der Waals surface area contributed by atoms with Gasteiger partial charge in [0, 0.05) is 16.3 Å². The molecule has 1 aromatic rings. The quantitative estimate of drug-likeness (QED) is 0.826. The van der Waals surface area contributed by atoms with E-state index < -0.39 is 10.0 Å². The standard InChI is InChI=1S/C11H9Cl2N3O3S2/c1-19-11-10(14-5-9(13)15-11)16-21(17,18)8-4-6(12)2-3-7(8)20/h2,4-5H,3H2,1H3,(H,14,16). The first-order valence-electron chi connectivity index (χ1n) is 5.53. The molecule has 0 radical (unpaired) electrons. The Balaban J connectivity index is 2.39. The first-order chi connectivity index (χ1) is 9.83. The Morgan fingerprint density at radius 2 is 2.14 bits per heavy atom. The second-order valence-electron chi connectivity index (χ2n) is 3.88. The topological polar surface area (TPSA) is 81.2 Å². The number of methoxy groups -OCH3 is 1. The molecular weight excluding hydrogens is 357 g/mol. The fourth-order valence-electron chi connectivity index (χ4n) is 1.53. The minimum absolute atomic E-state index is 0.0463. The zero-order chi connectivity index (χ0) is 15.6. The Kier molecular flexibility index (Phi) is 4.82. The zero-order valence-corrected chi connectivity index (χ0v) is 13.8. The summed E-state index contributed by atoms with van der Waals surface area (Å²) in [5.74, 6) is -0.133. The van der Waals surface area contributed by atoms with Crippen molar-refractivity contribution in [1.29, 1.82) is 0 Å². The summed E-state index contributed by atoms with van der Waals surface area (Å²) >= 11 is 16.5. The molecule has 0 fully saturated rings. The highest BCUT2D eigenvalue weighted by Gasteiger charge is 2.26. The Hall–Kier alpha value is -1.22. The number of nitrogens with one attached hydrogen (secondary N) is 1. The van der Waals surface area contributed by atoms with Crippen molar-refractivity contribution in [2.45, 2.75) is 6.42 Å². The van der Waals surface area contributed by atoms with E-state index in [0.29, 0.717) is 5.03 Å². The van der Waals surface area contributed by atoms with Crippen LogP contribution < -0.4 is 9.46 Å². The lowest BCUT2D eigenvalue weighted by atomic mass is 10.2. The van der Waals surface area contributed by atoms with Crippen molar-refractivity contribution in [1.82, 2.24) is 9.97 Å². The molecule has 0 atom stereocenters. The summed E-state index contributed by atoms with van der Waals surface area (Å²) in [6.45, 7) is 0. The Bertz CT molecular complexity index is 760. The summed E-state index contributed by atoms with van der Waals surface area (Å²) in [6, 6.07) is 0. The van der Waals surface area contributed by atoms with Crippen LogP contribution >= 0.6 is 35.4 Å². The molecule has 0 saturated heterocycles. The molecule has 1 aliphatic rings. The molecule has 1 heterocycles. The SMILES string of the molecule is COc1nc(Cl)cnc1NS(=O)(=O)C1=CC(Cl)=CCC1=S. The number of thiocarbonyl (C=S) groups is 1. The Morgan fingerprint density at radius 3 is 2.81 bits per heavy atom. The molecule has 0 aliphatic heterocycles. The molecule has 112 valence electrons. The summed E-state index contributed by atoms with van der Waals surface area (Å²) in [4.78, 5) is 7.84. The summed E-state index contributed by atoms with van der Waals surface area (Å²) in [6.07, 6.45) is 4.39. The van der Waals surface area contributed by atoms with Crippen LogP contribution in [0.2, 0.25) is 5.15 Å². The van der Waals surface area contributed by atoms with Gasteiger partial charge in [-0.3, -0.25) is 4.72 Å². The number of sulfonamides is 1. The van der Waals surface area contributed by atoms with Crippen LogP contribution in [-0.2, 0) is 10.0 Å². The number of aromatic nitrogens is 2. The highest BCUT2D eigenvalue weighted by molar-refractivity contribution is 7.99. The van der Waals surface area contributed by atoms with Crippen molar-refractivity contribution in [2.24, 2.45) is 0 Å². The Labute approximate surface area is 136 Å². The van der Waals surface area contributed by atoms with Crippen LogP contribution in [0.4, 0.5) is 5.82 Å². The normalized spacial score (nSPS) is 15.3. The third-order valence-electron chi connectivity index (χ3n) is 2.45. The van der Waals surface area contributed by atoms with Crippen LogP contribution in [0.25, 0.3) is 0 Å². The van der Waals surface area contributed by atoms with E-state index in [0.717, 1.165) is 0 Å². The number of allylic oxidation sites excluding steroid dienone is 4. The maximum Gasteiger partial charge on any atom is 0.264 e. The van der Waals surface area contributed by atoms with Crippen LogP contribution in [0.15, 0.2) is 28.3 Å².